The molecule has 5 heteroatoms. The van der Waals surface area contributed by atoms with E-state index in [1.54, 1.807) is 24.3 Å². The van der Waals surface area contributed by atoms with Gasteiger partial charge in [0.15, 0.2) is 0 Å². The van der Waals surface area contributed by atoms with Gasteiger partial charge in [-0.25, -0.2) is 0 Å². The first-order valence-electron chi connectivity index (χ1n) is 7.41. The van der Waals surface area contributed by atoms with Crippen molar-refractivity contribution in [2.24, 2.45) is 0 Å². The summed E-state index contributed by atoms with van der Waals surface area (Å²) in [4.78, 5) is 12.0. The molecule has 0 bridgehead atoms. The second-order valence-corrected chi connectivity index (χ2v) is 5.57. The van der Waals surface area contributed by atoms with Crippen LogP contribution in [0, 0.1) is 11.3 Å². The molecule has 0 radical (unpaired) electrons. The Morgan fingerprint density at radius 2 is 2.04 bits per heavy atom. The van der Waals surface area contributed by atoms with E-state index in [0.29, 0.717) is 16.3 Å². The minimum atomic E-state index is -0.152. The lowest BCUT2D eigenvalue weighted by atomic mass is 10.0. The van der Waals surface area contributed by atoms with Gasteiger partial charge in [0.2, 0.25) is 5.91 Å². The molecule has 4 nitrogen and oxygen atoms in total. The van der Waals surface area contributed by atoms with Crippen LogP contribution >= 0.6 is 11.6 Å². The third-order valence-electron chi connectivity index (χ3n) is 3.44. The molecule has 0 fully saturated rings. The van der Waals surface area contributed by atoms with Crippen molar-refractivity contribution in [3.8, 4) is 6.07 Å². The molecule has 2 N–H and O–H groups in total. The van der Waals surface area contributed by atoms with E-state index in [4.69, 9.17) is 16.9 Å². The minimum Gasteiger partial charge on any atom is -0.325 e. The molecule has 0 saturated heterocycles. The summed E-state index contributed by atoms with van der Waals surface area (Å²) in [7, 11) is 0. The van der Waals surface area contributed by atoms with Crippen LogP contribution < -0.4 is 10.6 Å². The normalized spacial score (nSPS) is 11.5. The molecule has 1 unspecified atom stereocenters. The standard InChI is InChI=1S/C18H18ClN3O/c1-2-17(14-6-4-7-15(19)10-14)21-12-18(23)22-16-8-3-5-13(9-16)11-20/h3-10,17,21H,2,12H2,1H3,(H,22,23). The van der Waals surface area contributed by atoms with E-state index < -0.39 is 0 Å². The molecule has 2 aromatic carbocycles. The lowest BCUT2D eigenvalue weighted by Gasteiger charge is -2.17. The number of anilines is 1. The Morgan fingerprint density at radius 1 is 1.26 bits per heavy atom. The van der Waals surface area contributed by atoms with Gasteiger partial charge in [0.05, 0.1) is 18.2 Å². The number of benzene rings is 2. The molecular formula is C18H18ClN3O. The summed E-state index contributed by atoms with van der Waals surface area (Å²) >= 11 is 6.01. The van der Waals surface area contributed by atoms with Gasteiger partial charge in [-0.15, -0.1) is 0 Å². The Bertz CT molecular complexity index is 724. The molecule has 23 heavy (non-hydrogen) atoms. The number of nitrogens with zero attached hydrogens (tertiary/aromatic N) is 1. The first kappa shape index (κ1) is 17.0. The highest BCUT2D eigenvalue weighted by Crippen LogP contribution is 2.20. The number of hydrogen-bond donors (Lipinski definition) is 2. The van der Waals surface area contributed by atoms with Crippen molar-refractivity contribution >= 4 is 23.2 Å². The summed E-state index contributed by atoms with van der Waals surface area (Å²) < 4.78 is 0. The van der Waals surface area contributed by atoms with E-state index >= 15 is 0 Å². The van der Waals surface area contributed by atoms with Crippen molar-refractivity contribution in [3.63, 3.8) is 0 Å². The van der Waals surface area contributed by atoms with Crippen molar-refractivity contribution in [1.82, 2.24) is 5.32 Å². The van der Waals surface area contributed by atoms with Crippen molar-refractivity contribution in [1.29, 1.82) is 5.26 Å². The van der Waals surface area contributed by atoms with Crippen LogP contribution in [0.1, 0.15) is 30.5 Å². The molecule has 1 amide bonds. The van der Waals surface area contributed by atoms with Gasteiger partial charge < -0.3 is 10.6 Å². The highest BCUT2D eigenvalue weighted by molar-refractivity contribution is 6.30. The van der Waals surface area contributed by atoms with Gasteiger partial charge in [-0.1, -0.05) is 36.7 Å². The van der Waals surface area contributed by atoms with Gasteiger partial charge in [0.1, 0.15) is 0 Å². The average molecular weight is 328 g/mol. The highest BCUT2D eigenvalue weighted by atomic mass is 35.5. The van der Waals surface area contributed by atoms with E-state index in [9.17, 15) is 4.79 Å². The molecule has 2 rings (SSSR count). The van der Waals surface area contributed by atoms with Crippen LogP contribution in [0.3, 0.4) is 0 Å². The lowest BCUT2D eigenvalue weighted by molar-refractivity contribution is -0.115. The maximum absolute atomic E-state index is 12.0. The summed E-state index contributed by atoms with van der Waals surface area (Å²) in [6.07, 6.45) is 0.845. The van der Waals surface area contributed by atoms with E-state index in [1.807, 2.05) is 37.3 Å². The zero-order valence-electron chi connectivity index (χ0n) is 12.8. The lowest BCUT2D eigenvalue weighted by Crippen LogP contribution is -2.31. The van der Waals surface area contributed by atoms with Crippen molar-refractivity contribution in [2.75, 3.05) is 11.9 Å². The van der Waals surface area contributed by atoms with Gasteiger partial charge in [-0.05, 0) is 42.3 Å². The zero-order valence-corrected chi connectivity index (χ0v) is 13.6. The van der Waals surface area contributed by atoms with Crippen LogP contribution in [0.5, 0.6) is 0 Å². The Labute approximate surface area is 141 Å². The Balaban J connectivity index is 1.93. The maximum atomic E-state index is 12.0. The van der Waals surface area contributed by atoms with Gasteiger partial charge in [-0.2, -0.15) is 5.26 Å². The Kier molecular flexibility index (Phi) is 6.16. The van der Waals surface area contributed by atoms with Crippen LogP contribution in [-0.4, -0.2) is 12.5 Å². The van der Waals surface area contributed by atoms with Gasteiger partial charge in [0.25, 0.3) is 0 Å². The Morgan fingerprint density at radius 3 is 2.74 bits per heavy atom. The number of nitrogens with one attached hydrogen (secondary N) is 2. The van der Waals surface area contributed by atoms with Crippen LogP contribution in [0.4, 0.5) is 5.69 Å². The molecule has 0 spiro atoms. The second-order valence-electron chi connectivity index (χ2n) is 5.14. The molecule has 0 aliphatic rings. The van der Waals surface area contributed by atoms with Crippen LogP contribution in [0.25, 0.3) is 0 Å². The van der Waals surface area contributed by atoms with Gasteiger partial charge in [-0.3, -0.25) is 4.79 Å². The second kappa shape index (κ2) is 8.33. The summed E-state index contributed by atoms with van der Waals surface area (Å²) in [6, 6.07) is 16.6. The predicted octanol–water partition coefficient (Wildman–Crippen LogP) is 3.89. The number of nitriles is 1. The molecule has 0 heterocycles. The summed E-state index contributed by atoms with van der Waals surface area (Å²) in [5, 5.41) is 15.6. The first-order valence-corrected chi connectivity index (χ1v) is 7.79. The predicted molar refractivity (Wildman–Crippen MR) is 92.3 cm³/mol. The number of rotatable bonds is 6. The zero-order chi connectivity index (χ0) is 16.7. The number of amides is 1. The molecule has 0 aliphatic carbocycles. The van der Waals surface area contributed by atoms with Crippen LogP contribution in [0.2, 0.25) is 5.02 Å². The van der Waals surface area contributed by atoms with E-state index in [2.05, 4.69) is 10.6 Å². The monoisotopic (exact) mass is 327 g/mol. The maximum Gasteiger partial charge on any atom is 0.238 e. The highest BCUT2D eigenvalue weighted by Gasteiger charge is 2.11. The van der Waals surface area contributed by atoms with Crippen molar-refractivity contribution < 1.29 is 4.79 Å². The molecule has 118 valence electrons. The summed E-state index contributed by atoms with van der Waals surface area (Å²) in [5.74, 6) is -0.152. The molecule has 0 saturated carbocycles. The van der Waals surface area contributed by atoms with Gasteiger partial charge >= 0.3 is 0 Å². The van der Waals surface area contributed by atoms with Crippen LogP contribution in [0.15, 0.2) is 48.5 Å². The quantitative estimate of drug-likeness (QED) is 0.846. The SMILES string of the molecule is CCC(NCC(=O)Nc1cccc(C#N)c1)c1cccc(Cl)c1. The van der Waals surface area contributed by atoms with Crippen LogP contribution in [-0.2, 0) is 4.79 Å². The summed E-state index contributed by atoms with van der Waals surface area (Å²) in [5.41, 5.74) is 2.19. The number of hydrogen-bond acceptors (Lipinski definition) is 3. The summed E-state index contributed by atoms with van der Waals surface area (Å²) in [6.45, 7) is 2.23. The fourth-order valence-corrected chi connectivity index (χ4v) is 2.51. The third kappa shape index (κ3) is 5.10. The molecule has 0 aliphatic heterocycles. The molecule has 0 aromatic heterocycles. The van der Waals surface area contributed by atoms with Gasteiger partial charge in [0, 0.05) is 16.8 Å². The number of carbonyl (C=O) groups is 1. The van der Waals surface area contributed by atoms with E-state index in [1.165, 1.54) is 0 Å². The third-order valence-corrected chi connectivity index (χ3v) is 3.68. The number of halogens is 1. The fraction of sp³-hybridized carbons (Fsp3) is 0.222. The minimum absolute atomic E-state index is 0.0601. The molecule has 2 aromatic rings. The van der Waals surface area contributed by atoms with Crippen molar-refractivity contribution in [3.05, 3.63) is 64.7 Å². The average Bonchev–Trinajstić information content (AvgIpc) is 2.55. The van der Waals surface area contributed by atoms with E-state index in [0.717, 1.165) is 12.0 Å². The topological polar surface area (TPSA) is 64.9 Å². The smallest absolute Gasteiger partial charge is 0.238 e. The van der Waals surface area contributed by atoms with Crippen molar-refractivity contribution in [2.45, 2.75) is 19.4 Å². The number of carbonyl (C=O) groups excluding carboxylic acids is 1. The largest absolute Gasteiger partial charge is 0.325 e. The molecule has 1 atom stereocenters. The first-order chi connectivity index (χ1) is 11.1. The Hall–Kier alpha value is -2.35. The molecular weight excluding hydrogens is 310 g/mol. The fourth-order valence-electron chi connectivity index (χ4n) is 2.31. The van der Waals surface area contributed by atoms with E-state index in [-0.39, 0.29) is 18.5 Å².